The highest BCUT2D eigenvalue weighted by Gasteiger charge is 2.10. The molecule has 1 N–H and O–H groups in total. The lowest BCUT2D eigenvalue weighted by Crippen LogP contribution is -2.10. The number of fused-ring (bicyclic) bond motifs is 3. The Morgan fingerprint density at radius 1 is 1.10 bits per heavy atom. The van der Waals surface area contributed by atoms with Gasteiger partial charge in [0.25, 0.3) is 5.56 Å². The first-order chi connectivity index (χ1) is 10.2. The summed E-state index contributed by atoms with van der Waals surface area (Å²) in [7, 11) is 0. The maximum atomic E-state index is 12.2. The molecule has 0 saturated heterocycles. The number of rotatable bonds is 1. The van der Waals surface area contributed by atoms with E-state index in [0.717, 1.165) is 22.3 Å². The summed E-state index contributed by atoms with van der Waals surface area (Å²) in [5.41, 5.74) is 4.99. The lowest BCUT2D eigenvalue weighted by molar-refractivity contribution is 1.17. The van der Waals surface area contributed by atoms with E-state index in [1.807, 2.05) is 60.0 Å². The minimum absolute atomic E-state index is 0.174. The van der Waals surface area contributed by atoms with Gasteiger partial charge in [-0.05, 0) is 25.1 Å². The van der Waals surface area contributed by atoms with Crippen LogP contribution in [0.25, 0.3) is 27.9 Å². The highest BCUT2D eigenvalue weighted by atomic mass is 16.1. The van der Waals surface area contributed by atoms with E-state index in [1.165, 1.54) is 5.56 Å². The van der Waals surface area contributed by atoms with Gasteiger partial charge in [-0.3, -0.25) is 9.20 Å². The lowest BCUT2D eigenvalue weighted by Gasteiger charge is -2.00. The Morgan fingerprint density at radius 2 is 1.95 bits per heavy atom. The zero-order valence-electron chi connectivity index (χ0n) is 11.5. The molecule has 0 saturated carbocycles. The van der Waals surface area contributed by atoms with Crippen LogP contribution in [0.2, 0.25) is 0 Å². The van der Waals surface area contributed by atoms with Gasteiger partial charge >= 0.3 is 0 Å². The van der Waals surface area contributed by atoms with Crippen LogP contribution in [0, 0.1) is 6.92 Å². The van der Waals surface area contributed by atoms with Gasteiger partial charge in [0.1, 0.15) is 0 Å². The fourth-order valence-electron chi connectivity index (χ4n) is 2.64. The van der Waals surface area contributed by atoms with Gasteiger partial charge in [0.15, 0.2) is 0 Å². The molecule has 0 radical (unpaired) electrons. The molecule has 0 aliphatic heterocycles. The Balaban J connectivity index is 2.08. The van der Waals surface area contributed by atoms with E-state index >= 15 is 0 Å². The van der Waals surface area contributed by atoms with Gasteiger partial charge in [0.05, 0.1) is 16.7 Å². The molecule has 2 heterocycles. The number of benzene rings is 2. The van der Waals surface area contributed by atoms with E-state index < -0.39 is 0 Å². The van der Waals surface area contributed by atoms with Crippen LogP contribution in [0.5, 0.6) is 0 Å². The number of hydrogen-bond donors (Lipinski definition) is 1. The van der Waals surface area contributed by atoms with Gasteiger partial charge in [-0.15, -0.1) is 0 Å². The molecule has 0 aliphatic rings. The van der Waals surface area contributed by atoms with E-state index in [0.29, 0.717) is 5.65 Å². The standard InChI is InChI=1S/C17H13N3O/c1-11-5-4-6-12(9-11)14-10-20-15-8-3-2-7-13(15)19-17(21)16(20)18-14/h2-10H,1H3,(H,19,21). The fraction of sp³-hybridized carbons (Fsp3) is 0.0588. The molecular weight excluding hydrogens is 262 g/mol. The smallest absolute Gasteiger partial charge is 0.292 e. The molecule has 21 heavy (non-hydrogen) atoms. The molecule has 4 rings (SSSR count). The van der Waals surface area contributed by atoms with Gasteiger partial charge in [-0.1, -0.05) is 35.9 Å². The van der Waals surface area contributed by atoms with E-state index in [2.05, 4.69) is 16.0 Å². The number of hydrogen-bond acceptors (Lipinski definition) is 2. The zero-order chi connectivity index (χ0) is 14.4. The average Bonchev–Trinajstić information content (AvgIpc) is 2.93. The Bertz CT molecular complexity index is 1030. The number of nitrogens with one attached hydrogen (secondary N) is 1. The molecule has 4 heteroatoms. The first-order valence-electron chi connectivity index (χ1n) is 6.79. The second-order valence-electron chi connectivity index (χ2n) is 5.16. The molecule has 2 aromatic heterocycles. The molecule has 0 unspecified atom stereocenters. The van der Waals surface area contributed by atoms with Gasteiger partial charge in [0, 0.05) is 11.8 Å². The molecule has 0 atom stereocenters. The third-order valence-corrected chi connectivity index (χ3v) is 3.63. The van der Waals surface area contributed by atoms with Crippen molar-refractivity contribution in [3.63, 3.8) is 0 Å². The number of H-pyrrole nitrogens is 1. The van der Waals surface area contributed by atoms with Gasteiger partial charge in [0.2, 0.25) is 5.65 Å². The molecule has 0 fully saturated rings. The third kappa shape index (κ3) is 1.84. The maximum Gasteiger partial charge on any atom is 0.292 e. The van der Waals surface area contributed by atoms with E-state index in [9.17, 15) is 4.79 Å². The Kier molecular flexibility index (Phi) is 2.44. The van der Waals surface area contributed by atoms with Crippen LogP contribution in [-0.2, 0) is 0 Å². The van der Waals surface area contributed by atoms with Crippen molar-refractivity contribution in [1.29, 1.82) is 0 Å². The first-order valence-corrected chi connectivity index (χ1v) is 6.79. The second-order valence-corrected chi connectivity index (χ2v) is 5.16. The minimum Gasteiger partial charge on any atom is -0.317 e. The quantitative estimate of drug-likeness (QED) is 0.580. The number of para-hydroxylation sites is 2. The first kappa shape index (κ1) is 11.9. The normalized spacial score (nSPS) is 11.3. The largest absolute Gasteiger partial charge is 0.317 e. The van der Waals surface area contributed by atoms with Crippen LogP contribution < -0.4 is 5.56 Å². The predicted molar refractivity (Wildman–Crippen MR) is 83.5 cm³/mol. The summed E-state index contributed by atoms with van der Waals surface area (Å²) < 4.78 is 1.85. The number of imidazole rings is 1. The molecule has 4 aromatic rings. The molecule has 102 valence electrons. The zero-order valence-corrected chi connectivity index (χ0v) is 11.5. The predicted octanol–water partition coefficient (Wildman–Crippen LogP) is 3.15. The van der Waals surface area contributed by atoms with Crippen molar-refractivity contribution in [2.24, 2.45) is 0 Å². The van der Waals surface area contributed by atoms with E-state index in [4.69, 9.17) is 0 Å². The second kappa shape index (κ2) is 4.31. The van der Waals surface area contributed by atoms with Crippen molar-refractivity contribution in [1.82, 2.24) is 14.4 Å². The Labute approximate surface area is 120 Å². The monoisotopic (exact) mass is 275 g/mol. The highest BCUT2D eigenvalue weighted by Crippen LogP contribution is 2.21. The van der Waals surface area contributed by atoms with Crippen LogP contribution in [-0.4, -0.2) is 14.4 Å². The van der Waals surface area contributed by atoms with Gasteiger partial charge < -0.3 is 4.98 Å². The Morgan fingerprint density at radius 3 is 2.81 bits per heavy atom. The summed E-state index contributed by atoms with van der Waals surface area (Å²) in [6, 6.07) is 15.8. The molecule has 4 nitrogen and oxygen atoms in total. The van der Waals surface area contributed by atoms with Gasteiger partial charge in [-0.2, -0.15) is 0 Å². The van der Waals surface area contributed by atoms with Crippen LogP contribution in [0.4, 0.5) is 0 Å². The molecule has 0 spiro atoms. The fourth-order valence-corrected chi connectivity index (χ4v) is 2.64. The topological polar surface area (TPSA) is 50.2 Å². The molecule has 2 aromatic carbocycles. The molecule has 0 bridgehead atoms. The Hall–Kier alpha value is -2.88. The number of aromatic amines is 1. The van der Waals surface area contributed by atoms with Crippen molar-refractivity contribution < 1.29 is 0 Å². The SMILES string of the molecule is Cc1cccc(-c2cn3c(n2)c(=O)[nH]c2ccccc23)c1. The summed E-state index contributed by atoms with van der Waals surface area (Å²) >= 11 is 0. The van der Waals surface area contributed by atoms with E-state index in [-0.39, 0.29) is 5.56 Å². The van der Waals surface area contributed by atoms with Gasteiger partial charge in [-0.25, -0.2) is 4.98 Å². The van der Waals surface area contributed by atoms with Crippen molar-refractivity contribution >= 4 is 16.7 Å². The summed E-state index contributed by atoms with van der Waals surface area (Å²) in [6.45, 7) is 2.04. The third-order valence-electron chi connectivity index (χ3n) is 3.63. The minimum atomic E-state index is -0.174. The maximum absolute atomic E-state index is 12.2. The van der Waals surface area contributed by atoms with Crippen molar-refractivity contribution in [3.8, 4) is 11.3 Å². The molecule has 0 amide bonds. The molecular formula is C17H13N3O. The number of aryl methyl sites for hydroxylation is 1. The van der Waals surface area contributed by atoms with Crippen LogP contribution in [0.15, 0.2) is 59.5 Å². The average molecular weight is 275 g/mol. The summed E-state index contributed by atoms with van der Waals surface area (Å²) in [5, 5.41) is 0. The van der Waals surface area contributed by atoms with E-state index in [1.54, 1.807) is 0 Å². The van der Waals surface area contributed by atoms with Crippen LogP contribution in [0.1, 0.15) is 5.56 Å². The summed E-state index contributed by atoms with van der Waals surface area (Å²) in [5.74, 6) is 0. The van der Waals surface area contributed by atoms with Crippen LogP contribution >= 0.6 is 0 Å². The van der Waals surface area contributed by atoms with Crippen LogP contribution in [0.3, 0.4) is 0 Å². The number of nitrogens with zero attached hydrogens (tertiary/aromatic N) is 2. The lowest BCUT2D eigenvalue weighted by atomic mass is 10.1. The summed E-state index contributed by atoms with van der Waals surface area (Å²) in [4.78, 5) is 19.5. The number of aromatic nitrogens is 3. The summed E-state index contributed by atoms with van der Waals surface area (Å²) in [6.07, 6.45) is 1.92. The van der Waals surface area contributed by atoms with Crippen molar-refractivity contribution in [3.05, 3.63) is 70.6 Å². The van der Waals surface area contributed by atoms with Crippen molar-refractivity contribution in [2.75, 3.05) is 0 Å². The van der Waals surface area contributed by atoms with Crippen molar-refractivity contribution in [2.45, 2.75) is 6.92 Å². The molecule has 0 aliphatic carbocycles. The highest BCUT2D eigenvalue weighted by molar-refractivity contribution is 5.78.